The molecule has 0 aromatic carbocycles. The van der Waals surface area contributed by atoms with E-state index in [4.69, 9.17) is 4.74 Å². The molecule has 26 heavy (non-hydrogen) atoms. The van der Waals surface area contributed by atoms with Gasteiger partial charge >= 0.3 is 6.18 Å². The average Bonchev–Trinajstić information content (AvgIpc) is 3.06. The van der Waals surface area contributed by atoms with Crippen molar-refractivity contribution in [1.29, 1.82) is 0 Å². The zero-order valence-electron chi connectivity index (χ0n) is 15.1. The normalized spacial score (nSPS) is 18.3. The van der Waals surface area contributed by atoms with E-state index in [9.17, 15) is 13.2 Å². The Kier molecular flexibility index (Phi) is 7.50. The van der Waals surface area contributed by atoms with Gasteiger partial charge in [-0.3, -0.25) is 0 Å². The van der Waals surface area contributed by atoms with Crippen molar-refractivity contribution in [2.45, 2.75) is 26.1 Å². The molecule has 2 heterocycles. The predicted octanol–water partition coefficient (Wildman–Crippen LogP) is 2.46. The number of pyridine rings is 1. The van der Waals surface area contributed by atoms with Crippen LogP contribution in [0.2, 0.25) is 0 Å². The summed E-state index contributed by atoms with van der Waals surface area (Å²) < 4.78 is 46.2. The Bertz CT molecular complexity index is 578. The molecule has 0 saturated carbocycles. The smallest absolute Gasteiger partial charge is 0.422 e. The first-order chi connectivity index (χ1) is 12.4. The molecule has 1 aromatic rings. The van der Waals surface area contributed by atoms with Crippen LogP contribution >= 0.6 is 0 Å². The van der Waals surface area contributed by atoms with Crippen LogP contribution in [0.5, 0.6) is 5.88 Å². The maximum Gasteiger partial charge on any atom is 0.422 e. The quantitative estimate of drug-likeness (QED) is 0.587. The first kappa shape index (κ1) is 20.3. The van der Waals surface area contributed by atoms with Gasteiger partial charge in [-0.2, -0.15) is 13.2 Å². The molecule has 1 N–H and O–H groups in total. The van der Waals surface area contributed by atoms with Crippen LogP contribution in [0.3, 0.4) is 0 Å². The summed E-state index contributed by atoms with van der Waals surface area (Å²) in [6, 6.07) is 3.09. The first-order valence-electron chi connectivity index (χ1n) is 8.58. The fourth-order valence-corrected chi connectivity index (χ4v) is 2.73. The van der Waals surface area contributed by atoms with E-state index in [2.05, 4.69) is 24.9 Å². The van der Waals surface area contributed by atoms with E-state index in [0.717, 1.165) is 44.2 Å². The van der Waals surface area contributed by atoms with Gasteiger partial charge < -0.3 is 19.7 Å². The summed E-state index contributed by atoms with van der Waals surface area (Å²) in [6.07, 6.45) is -1.83. The number of halogens is 3. The number of nitrogens with one attached hydrogen (secondary N) is 1. The highest BCUT2D eigenvalue weighted by Crippen LogP contribution is 2.18. The number of nitrogens with zero attached hydrogens (tertiary/aromatic N) is 3. The molecule has 1 fully saturated rings. The molecular formula is C17H25F3N4O2. The lowest BCUT2D eigenvalue weighted by Gasteiger charge is -2.21. The van der Waals surface area contributed by atoms with Gasteiger partial charge in [0, 0.05) is 44.9 Å². The summed E-state index contributed by atoms with van der Waals surface area (Å²) in [6.45, 7) is 4.35. The Morgan fingerprint density at radius 3 is 2.85 bits per heavy atom. The lowest BCUT2D eigenvalue weighted by atomic mass is 10.1. The van der Waals surface area contributed by atoms with Gasteiger partial charge in [0.15, 0.2) is 12.6 Å². The van der Waals surface area contributed by atoms with E-state index in [0.29, 0.717) is 12.5 Å². The summed E-state index contributed by atoms with van der Waals surface area (Å²) in [5, 5.41) is 3.27. The molecule has 0 aliphatic carbocycles. The van der Waals surface area contributed by atoms with Crippen molar-refractivity contribution in [1.82, 2.24) is 15.2 Å². The second-order valence-corrected chi connectivity index (χ2v) is 6.13. The van der Waals surface area contributed by atoms with E-state index < -0.39 is 12.8 Å². The topological polar surface area (TPSA) is 59.0 Å². The minimum atomic E-state index is -4.37. The van der Waals surface area contributed by atoms with Crippen molar-refractivity contribution in [3.63, 3.8) is 0 Å². The molecule has 1 saturated heterocycles. The lowest BCUT2D eigenvalue weighted by molar-refractivity contribution is -0.154. The highest BCUT2D eigenvalue weighted by atomic mass is 19.4. The Labute approximate surface area is 151 Å². The van der Waals surface area contributed by atoms with Crippen molar-refractivity contribution in [2.24, 2.45) is 10.9 Å². The standard InChI is InChI=1S/C17H25F3N4O2/c1-3-21-16(24-7-6-14(10-24)11-25-2)23-9-13-4-5-15(22-8-13)26-12-17(18,19)20/h4-5,8,14H,3,6-7,9-12H2,1-2H3,(H,21,23). The molecule has 1 aromatic heterocycles. The van der Waals surface area contributed by atoms with Gasteiger partial charge in [0.05, 0.1) is 13.2 Å². The van der Waals surface area contributed by atoms with E-state index in [1.807, 2.05) is 6.92 Å². The third-order valence-electron chi connectivity index (χ3n) is 3.92. The minimum Gasteiger partial charge on any atom is -0.468 e. The van der Waals surface area contributed by atoms with Crippen molar-refractivity contribution in [2.75, 3.05) is 40.0 Å². The van der Waals surface area contributed by atoms with E-state index in [-0.39, 0.29) is 5.88 Å². The Morgan fingerprint density at radius 2 is 2.23 bits per heavy atom. The maximum atomic E-state index is 12.1. The highest BCUT2D eigenvalue weighted by molar-refractivity contribution is 5.80. The molecule has 0 radical (unpaired) electrons. The second kappa shape index (κ2) is 9.61. The van der Waals surface area contributed by atoms with Crippen molar-refractivity contribution in [3.05, 3.63) is 23.9 Å². The third-order valence-corrected chi connectivity index (χ3v) is 3.92. The molecule has 1 aliphatic rings. The molecule has 0 amide bonds. The summed E-state index contributed by atoms with van der Waals surface area (Å²) in [5.41, 5.74) is 0.799. The SMILES string of the molecule is CCNC(=NCc1ccc(OCC(F)(F)F)nc1)N1CCC(COC)C1. The van der Waals surface area contributed by atoms with E-state index in [1.165, 1.54) is 12.3 Å². The zero-order valence-corrected chi connectivity index (χ0v) is 15.1. The van der Waals surface area contributed by atoms with Crippen LogP contribution < -0.4 is 10.1 Å². The number of aliphatic imine (C=N–C) groups is 1. The largest absolute Gasteiger partial charge is 0.468 e. The fraction of sp³-hybridized carbons (Fsp3) is 0.647. The average molecular weight is 374 g/mol. The van der Waals surface area contributed by atoms with Crippen LogP contribution in [0, 0.1) is 5.92 Å². The van der Waals surface area contributed by atoms with Gasteiger partial charge in [0.2, 0.25) is 5.88 Å². The van der Waals surface area contributed by atoms with Crippen molar-refractivity contribution < 1.29 is 22.6 Å². The Balaban J connectivity index is 1.92. The monoisotopic (exact) mass is 374 g/mol. The van der Waals surface area contributed by atoms with Gasteiger partial charge in [-0.25, -0.2) is 9.98 Å². The Morgan fingerprint density at radius 1 is 1.42 bits per heavy atom. The third kappa shape index (κ3) is 6.70. The van der Waals surface area contributed by atoms with Crippen LogP contribution in [0.1, 0.15) is 18.9 Å². The minimum absolute atomic E-state index is 0.0519. The molecule has 6 nitrogen and oxygen atoms in total. The van der Waals surface area contributed by atoms with Gasteiger partial charge in [-0.15, -0.1) is 0 Å². The summed E-state index contributed by atoms with van der Waals surface area (Å²) in [7, 11) is 1.71. The number of hydrogen-bond donors (Lipinski definition) is 1. The van der Waals surface area contributed by atoms with Crippen molar-refractivity contribution in [3.8, 4) is 5.88 Å². The summed E-state index contributed by atoms with van der Waals surface area (Å²) in [5.74, 6) is 1.27. The van der Waals surface area contributed by atoms with Gasteiger partial charge in [-0.05, 0) is 18.9 Å². The number of aromatic nitrogens is 1. The molecule has 1 aliphatic heterocycles. The first-order valence-corrected chi connectivity index (χ1v) is 8.58. The number of alkyl halides is 3. The van der Waals surface area contributed by atoms with Crippen LogP contribution in [0.15, 0.2) is 23.3 Å². The van der Waals surface area contributed by atoms with Crippen molar-refractivity contribution >= 4 is 5.96 Å². The maximum absolute atomic E-state index is 12.1. The van der Waals surface area contributed by atoms with Crippen LogP contribution in [0.25, 0.3) is 0 Å². The molecule has 2 rings (SSSR count). The number of ether oxygens (including phenoxy) is 2. The van der Waals surface area contributed by atoms with Crippen LogP contribution in [-0.2, 0) is 11.3 Å². The molecule has 0 bridgehead atoms. The fourth-order valence-electron chi connectivity index (χ4n) is 2.73. The molecule has 0 spiro atoms. The number of hydrogen-bond acceptors (Lipinski definition) is 4. The molecular weight excluding hydrogens is 349 g/mol. The molecule has 9 heteroatoms. The van der Waals surface area contributed by atoms with Crippen LogP contribution in [-0.4, -0.2) is 62.0 Å². The number of likely N-dealkylation sites (tertiary alicyclic amines) is 1. The second-order valence-electron chi connectivity index (χ2n) is 6.13. The van der Waals surface area contributed by atoms with Crippen LogP contribution in [0.4, 0.5) is 13.2 Å². The number of rotatable bonds is 7. The van der Waals surface area contributed by atoms with Gasteiger partial charge in [0.1, 0.15) is 0 Å². The molecule has 1 atom stereocenters. The van der Waals surface area contributed by atoms with Gasteiger partial charge in [0.25, 0.3) is 0 Å². The molecule has 1 unspecified atom stereocenters. The predicted molar refractivity (Wildman–Crippen MR) is 92.2 cm³/mol. The summed E-state index contributed by atoms with van der Waals surface area (Å²) in [4.78, 5) is 10.7. The molecule has 146 valence electrons. The Hall–Kier alpha value is -2.03. The zero-order chi connectivity index (χ0) is 19.0. The summed E-state index contributed by atoms with van der Waals surface area (Å²) >= 11 is 0. The van der Waals surface area contributed by atoms with Gasteiger partial charge in [-0.1, -0.05) is 6.07 Å². The van der Waals surface area contributed by atoms with E-state index in [1.54, 1.807) is 13.2 Å². The number of methoxy groups -OCH3 is 1. The van der Waals surface area contributed by atoms with E-state index >= 15 is 0 Å². The number of guanidine groups is 1. The lowest BCUT2D eigenvalue weighted by Crippen LogP contribution is -2.40. The highest BCUT2D eigenvalue weighted by Gasteiger charge is 2.28.